The molecule has 1 amide bonds. The molecule has 5 nitrogen and oxygen atoms in total. The average Bonchev–Trinajstić information content (AvgIpc) is 3.10. The van der Waals surface area contributed by atoms with Crippen LogP contribution < -0.4 is 11.1 Å². The highest BCUT2D eigenvalue weighted by Gasteiger charge is 2.31. The fourth-order valence-corrected chi connectivity index (χ4v) is 3.61. The van der Waals surface area contributed by atoms with Crippen molar-refractivity contribution in [1.82, 2.24) is 14.9 Å². The zero-order valence-electron chi connectivity index (χ0n) is 14.1. The molecule has 1 heterocycles. The molecule has 1 aromatic heterocycles. The minimum atomic E-state index is -0.134. The van der Waals surface area contributed by atoms with E-state index in [-0.39, 0.29) is 30.0 Å². The average molecular weight is 314 g/mol. The predicted octanol–water partition coefficient (Wildman–Crippen LogP) is 2.92. The van der Waals surface area contributed by atoms with E-state index in [0.717, 1.165) is 36.1 Å². The Balaban J connectivity index is 1.87. The second-order valence-electron chi connectivity index (χ2n) is 6.85. The molecule has 1 aliphatic carbocycles. The third-order valence-electron chi connectivity index (χ3n) is 4.79. The standard InChI is InChI=1S/C18H26N4O/c1-11(2)22-16-10-5-4-9-15(16)21-17(22)12(3)20-18(23)13-7-6-8-14(13)19/h4-5,9-14H,6-8,19H2,1-3H3,(H,20,23). The first-order valence-corrected chi connectivity index (χ1v) is 8.52. The number of amides is 1. The van der Waals surface area contributed by atoms with Crippen molar-refractivity contribution in [3.05, 3.63) is 30.1 Å². The molecule has 1 fully saturated rings. The van der Waals surface area contributed by atoms with Crippen LogP contribution in [-0.4, -0.2) is 21.5 Å². The van der Waals surface area contributed by atoms with E-state index in [1.54, 1.807) is 0 Å². The molecular formula is C18H26N4O. The van der Waals surface area contributed by atoms with Gasteiger partial charge in [0.15, 0.2) is 0 Å². The van der Waals surface area contributed by atoms with Crippen molar-refractivity contribution in [3.63, 3.8) is 0 Å². The number of nitrogens with zero attached hydrogens (tertiary/aromatic N) is 2. The number of aromatic nitrogens is 2. The van der Waals surface area contributed by atoms with Gasteiger partial charge in [-0.1, -0.05) is 18.6 Å². The molecule has 0 saturated heterocycles. The Hall–Kier alpha value is -1.88. The third-order valence-corrected chi connectivity index (χ3v) is 4.79. The number of hydrogen-bond acceptors (Lipinski definition) is 3. The minimum Gasteiger partial charge on any atom is -0.346 e. The Morgan fingerprint density at radius 1 is 1.30 bits per heavy atom. The van der Waals surface area contributed by atoms with Crippen LogP contribution in [0.5, 0.6) is 0 Å². The molecule has 1 aromatic carbocycles. The lowest BCUT2D eigenvalue weighted by molar-refractivity contribution is -0.125. The van der Waals surface area contributed by atoms with Gasteiger partial charge in [-0.2, -0.15) is 0 Å². The lowest BCUT2D eigenvalue weighted by Gasteiger charge is -2.21. The number of carbonyl (C=O) groups is 1. The fraction of sp³-hybridized carbons (Fsp3) is 0.556. The van der Waals surface area contributed by atoms with Crippen LogP contribution in [0.25, 0.3) is 11.0 Å². The van der Waals surface area contributed by atoms with Crippen molar-refractivity contribution >= 4 is 16.9 Å². The highest BCUT2D eigenvalue weighted by Crippen LogP contribution is 2.27. The van der Waals surface area contributed by atoms with Crippen LogP contribution >= 0.6 is 0 Å². The van der Waals surface area contributed by atoms with Gasteiger partial charge in [-0.05, 0) is 45.7 Å². The quantitative estimate of drug-likeness (QED) is 0.911. The van der Waals surface area contributed by atoms with Gasteiger partial charge in [-0.15, -0.1) is 0 Å². The summed E-state index contributed by atoms with van der Waals surface area (Å²) in [6, 6.07) is 8.24. The summed E-state index contributed by atoms with van der Waals surface area (Å²) in [6.07, 6.45) is 2.87. The molecule has 1 aliphatic rings. The summed E-state index contributed by atoms with van der Waals surface area (Å²) in [5.74, 6) is 0.903. The van der Waals surface area contributed by atoms with Crippen molar-refractivity contribution in [1.29, 1.82) is 0 Å². The van der Waals surface area contributed by atoms with Crippen molar-refractivity contribution in [2.45, 2.75) is 58.2 Å². The Kier molecular flexibility index (Phi) is 4.39. The Labute approximate surface area is 137 Å². The number of para-hydroxylation sites is 2. The number of fused-ring (bicyclic) bond motifs is 1. The molecule has 1 saturated carbocycles. The van der Waals surface area contributed by atoms with Crippen LogP contribution in [0.15, 0.2) is 24.3 Å². The summed E-state index contributed by atoms with van der Waals surface area (Å²) in [6.45, 7) is 6.27. The van der Waals surface area contributed by atoms with Crippen LogP contribution in [0.2, 0.25) is 0 Å². The molecule has 23 heavy (non-hydrogen) atoms. The van der Waals surface area contributed by atoms with Gasteiger partial charge in [0.1, 0.15) is 5.82 Å². The number of imidazole rings is 1. The number of nitrogens with one attached hydrogen (secondary N) is 1. The van der Waals surface area contributed by atoms with E-state index in [4.69, 9.17) is 10.7 Å². The third kappa shape index (κ3) is 2.98. The molecule has 0 aliphatic heterocycles. The van der Waals surface area contributed by atoms with E-state index in [1.165, 1.54) is 0 Å². The molecule has 3 unspecified atom stereocenters. The van der Waals surface area contributed by atoms with Gasteiger partial charge in [0.25, 0.3) is 0 Å². The lowest BCUT2D eigenvalue weighted by Crippen LogP contribution is -2.40. The minimum absolute atomic E-state index is 0.00823. The van der Waals surface area contributed by atoms with E-state index in [2.05, 4.69) is 29.8 Å². The van der Waals surface area contributed by atoms with Crippen LogP contribution in [0.4, 0.5) is 0 Å². The Bertz CT molecular complexity index is 706. The number of nitrogens with two attached hydrogens (primary N) is 1. The van der Waals surface area contributed by atoms with E-state index < -0.39 is 0 Å². The number of hydrogen-bond donors (Lipinski definition) is 2. The van der Waals surface area contributed by atoms with E-state index in [0.29, 0.717) is 0 Å². The molecular weight excluding hydrogens is 288 g/mol. The van der Waals surface area contributed by atoms with Crippen molar-refractivity contribution in [2.24, 2.45) is 11.7 Å². The van der Waals surface area contributed by atoms with E-state index in [1.807, 2.05) is 25.1 Å². The maximum absolute atomic E-state index is 12.5. The number of benzene rings is 1. The molecule has 3 rings (SSSR count). The Morgan fingerprint density at radius 2 is 2.04 bits per heavy atom. The van der Waals surface area contributed by atoms with Gasteiger partial charge in [0.05, 0.1) is 23.0 Å². The highest BCUT2D eigenvalue weighted by atomic mass is 16.2. The van der Waals surface area contributed by atoms with Crippen LogP contribution in [0, 0.1) is 5.92 Å². The summed E-state index contributed by atoms with van der Waals surface area (Å²) in [5.41, 5.74) is 8.13. The number of carbonyl (C=O) groups excluding carboxylic acids is 1. The zero-order chi connectivity index (χ0) is 16.6. The first-order chi connectivity index (χ1) is 11.0. The monoisotopic (exact) mass is 314 g/mol. The smallest absolute Gasteiger partial charge is 0.225 e. The van der Waals surface area contributed by atoms with Crippen molar-refractivity contribution < 1.29 is 4.79 Å². The molecule has 0 spiro atoms. The first kappa shape index (κ1) is 16.0. The van der Waals surface area contributed by atoms with Crippen molar-refractivity contribution in [2.75, 3.05) is 0 Å². The van der Waals surface area contributed by atoms with Gasteiger partial charge in [-0.25, -0.2) is 4.98 Å². The van der Waals surface area contributed by atoms with Crippen LogP contribution in [0.1, 0.15) is 57.9 Å². The zero-order valence-corrected chi connectivity index (χ0v) is 14.1. The summed E-state index contributed by atoms with van der Waals surface area (Å²) in [5, 5.41) is 3.12. The lowest BCUT2D eigenvalue weighted by atomic mass is 10.0. The van der Waals surface area contributed by atoms with Crippen LogP contribution in [-0.2, 0) is 4.79 Å². The summed E-state index contributed by atoms with van der Waals surface area (Å²) >= 11 is 0. The molecule has 5 heteroatoms. The van der Waals surface area contributed by atoms with Gasteiger partial charge in [-0.3, -0.25) is 4.79 Å². The molecule has 0 bridgehead atoms. The number of rotatable bonds is 4. The normalized spacial score (nSPS) is 22.7. The summed E-state index contributed by atoms with van der Waals surface area (Å²) in [4.78, 5) is 17.3. The second kappa shape index (κ2) is 6.32. The fourth-order valence-electron chi connectivity index (χ4n) is 3.61. The SMILES string of the molecule is CC(NC(=O)C1CCCC1N)c1nc2ccccc2n1C(C)C. The molecule has 3 atom stereocenters. The first-order valence-electron chi connectivity index (χ1n) is 8.52. The van der Waals surface area contributed by atoms with Gasteiger partial charge >= 0.3 is 0 Å². The van der Waals surface area contributed by atoms with E-state index in [9.17, 15) is 4.79 Å². The van der Waals surface area contributed by atoms with Crippen molar-refractivity contribution in [3.8, 4) is 0 Å². The van der Waals surface area contributed by atoms with Gasteiger partial charge in [0, 0.05) is 12.1 Å². The largest absolute Gasteiger partial charge is 0.346 e. The second-order valence-corrected chi connectivity index (χ2v) is 6.85. The predicted molar refractivity (Wildman–Crippen MR) is 92.0 cm³/mol. The van der Waals surface area contributed by atoms with Crippen LogP contribution in [0.3, 0.4) is 0 Å². The maximum Gasteiger partial charge on any atom is 0.225 e. The molecule has 2 aromatic rings. The van der Waals surface area contributed by atoms with Gasteiger partial charge in [0.2, 0.25) is 5.91 Å². The highest BCUT2D eigenvalue weighted by molar-refractivity contribution is 5.80. The summed E-state index contributed by atoms with van der Waals surface area (Å²) in [7, 11) is 0. The molecule has 3 N–H and O–H groups in total. The maximum atomic E-state index is 12.5. The molecule has 124 valence electrons. The molecule has 0 radical (unpaired) electrons. The topological polar surface area (TPSA) is 72.9 Å². The Morgan fingerprint density at radius 3 is 2.70 bits per heavy atom. The van der Waals surface area contributed by atoms with Gasteiger partial charge < -0.3 is 15.6 Å². The van der Waals surface area contributed by atoms with E-state index >= 15 is 0 Å². The summed E-state index contributed by atoms with van der Waals surface area (Å²) < 4.78 is 2.20.